The molecule has 2 aromatic heterocycles. The van der Waals surface area contributed by atoms with Crippen LogP contribution >= 0.6 is 0 Å². The van der Waals surface area contributed by atoms with Gasteiger partial charge in [0, 0.05) is 35.3 Å². The van der Waals surface area contributed by atoms with Gasteiger partial charge in [-0.25, -0.2) is 19.9 Å². The van der Waals surface area contributed by atoms with Gasteiger partial charge in [0.25, 0.3) is 0 Å². The smallest absolute Gasteiger partial charge is 0.223 e. The fourth-order valence-corrected chi connectivity index (χ4v) is 4.83. The standard InChI is InChI=1S/2C19H16N4/c2*1-2-21-19-22-17(14-9-5-3-6-10-14)16(13-20)18(23-19)15-11-7-4-8-12-15/h2*3-12H,2H2,1H3,(H,21,22,23). The van der Waals surface area contributed by atoms with Crippen LogP contribution < -0.4 is 10.6 Å². The van der Waals surface area contributed by atoms with Crippen LogP contribution in [0.1, 0.15) is 25.0 Å². The van der Waals surface area contributed by atoms with Crippen LogP contribution in [0.5, 0.6) is 0 Å². The van der Waals surface area contributed by atoms with Crippen molar-refractivity contribution in [2.45, 2.75) is 13.8 Å². The van der Waals surface area contributed by atoms with E-state index < -0.39 is 0 Å². The maximum absolute atomic E-state index is 9.69. The lowest BCUT2D eigenvalue weighted by Crippen LogP contribution is -2.06. The number of aromatic nitrogens is 4. The summed E-state index contributed by atoms with van der Waals surface area (Å²) in [7, 11) is 0. The van der Waals surface area contributed by atoms with Crippen LogP contribution in [0.3, 0.4) is 0 Å². The van der Waals surface area contributed by atoms with Crippen molar-refractivity contribution >= 4 is 11.9 Å². The van der Waals surface area contributed by atoms with E-state index in [-0.39, 0.29) is 0 Å². The average Bonchev–Trinajstić information content (AvgIpc) is 3.13. The molecule has 0 saturated heterocycles. The highest BCUT2D eigenvalue weighted by Gasteiger charge is 2.18. The van der Waals surface area contributed by atoms with Crippen molar-refractivity contribution in [1.82, 2.24) is 19.9 Å². The summed E-state index contributed by atoms with van der Waals surface area (Å²) in [4.78, 5) is 18.2. The Bertz CT molecular complexity index is 1700. The summed E-state index contributed by atoms with van der Waals surface area (Å²) in [6.07, 6.45) is 0. The molecule has 0 aliphatic heterocycles. The minimum atomic E-state index is 0.490. The van der Waals surface area contributed by atoms with Gasteiger partial charge in [0.05, 0.1) is 22.8 Å². The lowest BCUT2D eigenvalue weighted by Gasteiger charge is -2.12. The second-order valence-electron chi connectivity index (χ2n) is 9.99. The summed E-state index contributed by atoms with van der Waals surface area (Å²) < 4.78 is 0. The molecule has 0 atom stereocenters. The largest absolute Gasteiger partial charge is 0.354 e. The Kier molecular flexibility index (Phi) is 10.4. The van der Waals surface area contributed by atoms with Crippen molar-refractivity contribution in [1.29, 1.82) is 10.5 Å². The number of hydrogen-bond donors (Lipinski definition) is 2. The maximum Gasteiger partial charge on any atom is 0.223 e. The molecular weight excluding hydrogens is 568 g/mol. The Morgan fingerprint density at radius 2 is 0.674 bits per heavy atom. The zero-order chi connectivity index (χ0) is 32.1. The van der Waals surface area contributed by atoms with Gasteiger partial charge < -0.3 is 10.6 Å². The van der Waals surface area contributed by atoms with Crippen molar-refractivity contribution < 1.29 is 0 Å². The summed E-state index contributed by atoms with van der Waals surface area (Å²) in [5.74, 6) is 1.06. The summed E-state index contributed by atoms with van der Waals surface area (Å²) in [6, 6.07) is 43.5. The Labute approximate surface area is 269 Å². The Balaban J connectivity index is 0.000000181. The number of nitrogens with zero attached hydrogens (tertiary/aromatic N) is 6. The zero-order valence-corrected chi connectivity index (χ0v) is 25.6. The van der Waals surface area contributed by atoms with E-state index in [1.807, 2.05) is 135 Å². The molecule has 0 fully saturated rings. The molecule has 46 heavy (non-hydrogen) atoms. The second-order valence-corrected chi connectivity index (χ2v) is 9.99. The normalized spacial score (nSPS) is 10.1. The van der Waals surface area contributed by atoms with Gasteiger partial charge in [-0.2, -0.15) is 10.5 Å². The van der Waals surface area contributed by atoms with Crippen LogP contribution in [-0.4, -0.2) is 33.0 Å². The van der Waals surface area contributed by atoms with Crippen LogP contribution in [0.15, 0.2) is 121 Å². The van der Waals surface area contributed by atoms with E-state index in [0.29, 0.717) is 58.9 Å². The third-order valence-electron chi connectivity index (χ3n) is 6.90. The number of nitriles is 2. The number of nitrogens with one attached hydrogen (secondary N) is 2. The first-order chi connectivity index (χ1) is 22.7. The van der Waals surface area contributed by atoms with Gasteiger partial charge in [0.1, 0.15) is 23.3 Å². The van der Waals surface area contributed by atoms with Gasteiger partial charge >= 0.3 is 0 Å². The third kappa shape index (κ3) is 7.21. The molecule has 0 saturated carbocycles. The van der Waals surface area contributed by atoms with Crippen molar-refractivity contribution in [3.8, 4) is 57.2 Å². The monoisotopic (exact) mass is 600 g/mol. The van der Waals surface area contributed by atoms with Crippen LogP contribution in [0.25, 0.3) is 45.0 Å². The van der Waals surface area contributed by atoms with Crippen molar-refractivity contribution in [2.24, 2.45) is 0 Å². The van der Waals surface area contributed by atoms with Crippen LogP contribution in [0.2, 0.25) is 0 Å². The topological polar surface area (TPSA) is 123 Å². The molecule has 6 aromatic rings. The fourth-order valence-electron chi connectivity index (χ4n) is 4.83. The Morgan fingerprint density at radius 1 is 0.435 bits per heavy atom. The molecule has 6 rings (SSSR count). The molecule has 0 radical (unpaired) electrons. The SMILES string of the molecule is CCNc1nc(-c2ccccc2)c(C#N)c(-c2ccccc2)n1.CCNc1nc(-c2ccccc2)c(C#N)c(-c2ccccc2)n1. The Morgan fingerprint density at radius 3 is 0.870 bits per heavy atom. The maximum atomic E-state index is 9.69. The molecule has 2 N–H and O–H groups in total. The highest BCUT2D eigenvalue weighted by Crippen LogP contribution is 2.31. The molecule has 4 aromatic carbocycles. The fraction of sp³-hybridized carbons (Fsp3) is 0.105. The molecular formula is C38H32N8. The number of rotatable bonds is 8. The quantitative estimate of drug-likeness (QED) is 0.179. The van der Waals surface area contributed by atoms with Gasteiger partial charge in [0.2, 0.25) is 11.9 Å². The van der Waals surface area contributed by atoms with Crippen molar-refractivity contribution in [3.63, 3.8) is 0 Å². The van der Waals surface area contributed by atoms with Gasteiger partial charge in [0.15, 0.2) is 0 Å². The summed E-state index contributed by atoms with van der Waals surface area (Å²) in [5.41, 5.74) is 7.20. The molecule has 8 heteroatoms. The van der Waals surface area contributed by atoms with Gasteiger partial charge in [-0.3, -0.25) is 0 Å². The average molecular weight is 601 g/mol. The first-order valence-electron chi connectivity index (χ1n) is 15.0. The zero-order valence-electron chi connectivity index (χ0n) is 25.6. The van der Waals surface area contributed by atoms with E-state index in [2.05, 4.69) is 42.7 Å². The highest BCUT2D eigenvalue weighted by atomic mass is 15.1. The van der Waals surface area contributed by atoms with E-state index in [0.717, 1.165) is 22.3 Å². The summed E-state index contributed by atoms with van der Waals surface area (Å²) in [5, 5.41) is 25.7. The predicted octanol–water partition coefficient (Wildman–Crippen LogP) is 8.23. The predicted molar refractivity (Wildman–Crippen MR) is 184 cm³/mol. The minimum absolute atomic E-state index is 0.490. The molecule has 0 bridgehead atoms. The lowest BCUT2D eigenvalue weighted by atomic mass is 10.0. The number of anilines is 2. The molecule has 0 aliphatic carbocycles. The molecule has 8 nitrogen and oxygen atoms in total. The molecule has 0 unspecified atom stereocenters. The summed E-state index contributed by atoms with van der Waals surface area (Å²) in [6.45, 7) is 5.42. The molecule has 2 heterocycles. The third-order valence-corrected chi connectivity index (χ3v) is 6.90. The van der Waals surface area contributed by atoms with Crippen LogP contribution in [0.4, 0.5) is 11.9 Å². The minimum Gasteiger partial charge on any atom is -0.354 e. The number of benzene rings is 4. The van der Waals surface area contributed by atoms with Crippen LogP contribution in [0, 0.1) is 22.7 Å². The van der Waals surface area contributed by atoms with E-state index >= 15 is 0 Å². The van der Waals surface area contributed by atoms with Crippen molar-refractivity contribution in [2.75, 3.05) is 23.7 Å². The van der Waals surface area contributed by atoms with Crippen LogP contribution in [-0.2, 0) is 0 Å². The first kappa shape index (κ1) is 31.1. The van der Waals surface area contributed by atoms with Gasteiger partial charge in [-0.1, -0.05) is 121 Å². The number of hydrogen-bond acceptors (Lipinski definition) is 8. The first-order valence-corrected chi connectivity index (χ1v) is 15.0. The highest BCUT2D eigenvalue weighted by molar-refractivity contribution is 5.79. The van der Waals surface area contributed by atoms with Crippen molar-refractivity contribution in [3.05, 3.63) is 132 Å². The summed E-state index contributed by atoms with van der Waals surface area (Å²) >= 11 is 0. The van der Waals surface area contributed by atoms with E-state index in [1.54, 1.807) is 0 Å². The van der Waals surface area contributed by atoms with E-state index in [9.17, 15) is 10.5 Å². The van der Waals surface area contributed by atoms with E-state index in [1.165, 1.54) is 0 Å². The molecule has 0 amide bonds. The molecule has 0 spiro atoms. The van der Waals surface area contributed by atoms with Gasteiger partial charge in [-0.15, -0.1) is 0 Å². The second kappa shape index (κ2) is 15.4. The Hall–Kier alpha value is -6.38. The molecule has 0 aliphatic rings. The van der Waals surface area contributed by atoms with Gasteiger partial charge in [-0.05, 0) is 13.8 Å². The molecule has 224 valence electrons. The van der Waals surface area contributed by atoms with E-state index in [4.69, 9.17) is 0 Å². The lowest BCUT2D eigenvalue weighted by molar-refractivity contribution is 1.08.